The molecule has 0 N–H and O–H groups in total. The van der Waals surface area contributed by atoms with Crippen LogP contribution in [-0.2, 0) is 0 Å². The lowest BCUT2D eigenvalue weighted by Crippen LogP contribution is -2.18. The van der Waals surface area contributed by atoms with Gasteiger partial charge in [-0.25, -0.2) is 9.99 Å². The van der Waals surface area contributed by atoms with Crippen LogP contribution >= 0.6 is 11.3 Å². The Hall–Kier alpha value is -3.24. The third-order valence-electron chi connectivity index (χ3n) is 5.69. The zero-order valence-electron chi connectivity index (χ0n) is 17.1. The lowest BCUT2D eigenvalue weighted by atomic mass is 9.99. The molecule has 1 aromatic heterocycles. The second-order valence-corrected chi connectivity index (χ2v) is 8.54. The van der Waals surface area contributed by atoms with Crippen molar-refractivity contribution in [1.82, 2.24) is 4.98 Å². The molecule has 0 fully saturated rings. The maximum Gasteiger partial charge on any atom is 0.207 e. The third-order valence-corrected chi connectivity index (χ3v) is 6.52. The summed E-state index contributed by atoms with van der Waals surface area (Å²) in [5, 5.41) is 10.2. The number of hydrogen-bond acceptors (Lipinski definition) is 4. The average Bonchev–Trinajstić information content (AvgIpc) is 3.44. The second-order valence-electron chi connectivity index (χ2n) is 7.70. The maximum absolute atomic E-state index is 5.02. The topological polar surface area (TPSA) is 28.5 Å². The molecule has 1 unspecified atom stereocenters. The fourth-order valence-electron chi connectivity index (χ4n) is 3.83. The van der Waals surface area contributed by atoms with Crippen LogP contribution in [0.25, 0.3) is 11.3 Å². The smallest absolute Gasteiger partial charge is 0.207 e. The van der Waals surface area contributed by atoms with Crippen molar-refractivity contribution in [2.45, 2.75) is 26.3 Å². The van der Waals surface area contributed by atoms with Gasteiger partial charge in [-0.05, 0) is 42.2 Å². The summed E-state index contributed by atoms with van der Waals surface area (Å²) >= 11 is 1.66. The van der Waals surface area contributed by atoms with Crippen molar-refractivity contribution in [3.05, 3.63) is 106 Å². The van der Waals surface area contributed by atoms with Crippen LogP contribution in [-0.4, -0.2) is 10.7 Å². The molecule has 148 valence electrons. The van der Waals surface area contributed by atoms with E-state index in [1.54, 1.807) is 11.3 Å². The van der Waals surface area contributed by atoms with Crippen molar-refractivity contribution in [2.24, 2.45) is 5.10 Å². The number of anilines is 1. The predicted octanol–water partition coefficient (Wildman–Crippen LogP) is 6.78. The zero-order chi connectivity index (χ0) is 20.5. The van der Waals surface area contributed by atoms with Crippen molar-refractivity contribution < 1.29 is 0 Å². The molecule has 4 aromatic rings. The van der Waals surface area contributed by atoms with Gasteiger partial charge in [0.2, 0.25) is 5.13 Å². The van der Waals surface area contributed by atoms with Gasteiger partial charge in [-0.3, -0.25) is 0 Å². The first-order chi connectivity index (χ1) is 14.7. The number of rotatable bonds is 4. The highest BCUT2D eigenvalue weighted by molar-refractivity contribution is 7.14. The Morgan fingerprint density at radius 3 is 2.30 bits per heavy atom. The summed E-state index contributed by atoms with van der Waals surface area (Å²) < 4.78 is 0. The molecule has 0 spiro atoms. The van der Waals surface area contributed by atoms with Crippen molar-refractivity contribution in [2.75, 3.05) is 5.01 Å². The molecule has 0 radical (unpaired) electrons. The first-order valence-corrected chi connectivity index (χ1v) is 11.1. The van der Waals surface area contributed by atoms with Gasteiger partial charge in [0, 0.05) is 17.4 Å². The summed E-state index contributed by atoms with van der Waals surface area (Å²) in [7, 11) is 0. The van der Waals surface area contributed by atoms with Gasteiger partial charge in [0.15, 0.2) is 0 Å². The third kappa shape index (κ3) is 3.55. The molecule has 0 saturated heterocycles. The molecule has 1 aliphatic rings. The minimum atomic E-state index is 0.153. The van der Waals surface area contributed by atoms with E-state index in [9.17, 15) is 0 Å². The fraction of sp³-hybridized carbons (Fsp3) is 0.154. The van der Waals surface area contributed by atoms with E-state index in [1.807, 2.05) is 6.07 Å². The Balaban J connectivity index is 1.53. The number of nitrogens with zero attached hydrogens (tertiary/aromatic N) is 3. The number of hydrogen-bond donors (Lipinski definition) is 0. The van der Waals surface area contributed by atoms with Crippen LogP contribution in [0.3, 0.4) is 0 Å². The zero-order valence-corrected chi connectivity index (χ0v) is 17.9. The molecule has 0 bridgehead atoms. The first-order valence-electron chi connectivity index (χ1n) is 10.2. The number of benzene rings is 3. The van der Waals surface area contributed by atoms with Crippen molar-refractivity contribution >= 4 is 22.2 Å². The van der Waals surface area contributed by atoms with E-state index in [4.69, 9.17) is 10.1 Å². The van der Waals surface area contributed by atoms with Crippen LogP contribution in [0.2, 0.25) is 0 Å². The minimum Gasteiger partial charge on any atom is -0.231 e. The number of aromatic nitrogens is 1. The van der Waals surface area contributed by atoms with Gasteiger partial charge < -0.3 is 0 Å². The Morgan fingerprint density at radius 1 is 0.833 bits per heavy atom. The normalized spacial score (nSPS) is 16.0. The number of thiazole rings is 1. The average molecular weight is 410 g/mol. The van der Waals surface area contributed by atoms with E-state index in [-0.39, 0.29) is 6.04 Å². The van der Waals surface area contributed by atoms with Crippen molar-refractivity contribution in [3.8, 4) is 11.3 Å². The highest BCUT2D eigenvalue weighted by Crippen LogP contribution is 2.39. The summed E-state index contributed by atoms with van der Waals surface area (Å²) in [5.41, 5.74) is 8.29. The molecular weight excluding hydrogens is 386 g/mol. The van der Waals surface area contributed by atoms with Gasteiger partial charge in [-0.2, -0.15) is 5.10 Å². The standard InChI is InChI=1S/C26H23N3S/c1-18-13-14-22(15-19(18)2)24-17-30-26(27-24)29-25(21-11-7-4-8-12-21)16-23(28-29)20-9-5-3-6-10-20/h3-15,17,25H,16H2,1-2H3. The molecule has 0 saturated carbocycles. The summed E-state index contributed by atoms with van der Waals surface area (Å²) in [4.78, 5) is 4.97. The predicted molar refractivity (Wildman–Crippen MR) is 126 cm³/mol. The summed E-state index contributed by atoms with van der Waals surface area (Å²) in [6, 6.07) is 27.7. The molecule has 0 amide bonds. The summed E-state index contributed by atoms with van der Waals surface area (Å²) in [5.74, 6) is 0. The highest BCUT2D eigenvalue weighted by Gasteiger charge is 2.31. The van der Waals surface area contributed by atoms with E-state index in [2.05, 4.69) is 97.0 Å². The van der Waals surface area contributed by atoms with Gasteiger partial charge >= 0.3 is 0 Å². The van der Waals surface area contributed by atoms with Crippen LogP contribution in [0, 0.1) is 13.8 Å². The summed E-state index contributed by atoms with van der Waals surface area (Å²) in [6.45, 7) is 4.29. The largest absolute Gasteiger partial charge is 0.231 e. The lowest BCUT2D eigenvalue weighted by Gasteiger charge is -2.21. The molecule has 1 atom stereocenters. The minimum absolute atomic E-state index is 0.153. The fourth-order valence-corrected chi connectivity index (χ4v) is 4.66. The molecule has 2 heterocycles. The number of aryl methyl sites for hydroxylation is 2. The Kier molecular flexibility index (Phi) is 4.93. The molecule has 0 aliphatic carbocycles. The van der Waals surface area contributed by atoms with E-state index in [0.717, 1.165) is 28.5 Å². The van der Waals surface area contributed by atoms with E-state index >= 15 is 0 Å². The molecule has 3 aromatic carbocycles. The Morgan fingerprint density at radius 2 is 1.57 bits per heavy atom. The van der Waals surface area contributed by atoms with Crippen molar-refractivity contribution in [3.63, 3.8) is 0 Å². The lowest BCUT2D eigenvalue weighted by molar-refractivity contribution is 0.706. The summed E-state index contributed by atoms with van der Waals surface area (Å²) in [6.07, 6.45) is 0.868. The van der Waals surface area contributed by atoms with Crippen LogP contribution in [0.15, 0.2) is 89.3 Å². The van der Waals surface area contributed by atoms with Gasteiger partial charge in [0.05, 0.1) is 17.4 Å². The molecule has 4 heteroatoms. The highest BCUT2D eigenvalue weighted by atomic mass is 32.1. The van der Waals surface area contributed by atoms with Crippen LogP contribution < -0.4 is 5.01 Å². The van der Waals surface area contributed by atoms with Gasteiger partial charge in [-0.1, -0.05) is 72.8 Å². The molecule has 5 rings (SSSR count). The molecule has 30 heavy (non-hydrogen) atoms. The van der Waals surface area contributed by atoms with E-state index < -0.39 is 0 Å². The molecule has 3 nitrogen and oxygen atoms in total. The SMILES string of the molecule is Cc1ccc(-c2csc(N3N=C(c4ccccc4)CC3c3ccccc3)n2)cc1C. The molecule has 1 aliphatic heterocycles. The van der Waals surface area contributed by atoms with Gasteiger partial charge in [0.1, 0.15) is 0 Å². The Labute approximate surface area is 181 Å². The van der Waals surface area contributed by atoms with Crippen LogP contribution in [0.5, 0.6) is 0 Å². The van der Waals surface area contributed by atoms with E-state index in [1.165, 1.54) is 22.3 Å². The van der Waals surface area contributed by atoms with Crippen molar-refractivity contribution in [1.29, 1.82) is 0 Å². The van der Waals surface area contributed by atoms with E-state index in [0.29, 0.717) is 0 Å². The Bertz CT molecular complexity index is 1200. The monoisotopic (exact) mass is 409 g/mol. The quantitative estimate of drug-likeness (QED) is 0.371. The maximum atomic E-state index is 5.02. The van der Waals surface area contributed by atoms with Gasteiger partial charge in [-0.15, -0.1) is 11.3 Å². The number of hydrazone groups is 1. The first kappa shape index (κ1) is 18.8. The van der Waals surface area contributed by atoms with Crippen LogP contribution in [0.4, 0.5) is 5.13 Å². The van der Waals surface area contributed by atoms with Gasteiger partial charge in [0.25, 0.3) is 0 Å². The van der Waals surface area contributed by atoms with Crippen LogP contribution in [0.1, 0.15) is 34.7 Å². The molecular formula is C26H23N3S. The second kappa shape index (κ2) is 7.88.